The van der Waals surface area contributed by atoms with Gasteiger partial charge in [0.15, 0.2) is 23.2 Å². The fraction of sp³-hybridized carbons (Fsp3) is 0.250. The van der Waals surface area contributed by atoms with E-state index in [2.05, 4.69) is 37.1 Å². The van der Waals surface area contributed by atoms with Gasteiger partial charge >= 0.3 is 5.97 Å². The number of halogens is 1. The summed E-state index contributed by atoms with van der Waals surface area (Å²) in [4.78, 5) is 25.0. The topological polar surface area (TPSA) is 120 Å². The van der Waals surface area contributed by atoms with Gasteiger partial charge in [0.05, 0.1) is 24.4 Å². The molecule has 2 aliphatic heterocycles. The molecule has 0 aromatic heterocycles. The van der Waals surface area contributed by atoms with Gasteiger partial charge in [-0.15, -0.1) is 0 Å². The van der Waals surface area contributed by atoms with Gasteiger partial charge < -0.3 is 29.6 Å². The Labute approximate surface area is 221 Å². The molecule has 36 heavy (non-hydrogen) atoms. The molecule has 0 fully saturated rings. The van der Waals surface area contributed by atoms with Crippen LogP contribution >= 0.6 is 28.1 Å². The number of ether oxygens (including phenoxy) is 4. The molecule has 1 atom stereocenters. The standard InChI is InChI=1S/C24H23BrN4O6S/c1-3-32-23(31)21-13(2)27-24(36)28-22(21)15-6-4-5-7-17(15)33-11-20(30)29-26-10-14-8-18-19(9-16(14)25)35-12-34-18/h4-10,22H,3,11-12H2,1-2H3,(H,29,30)(H2,27,28,36)/t22-/m0/s1. The number of thiocarbonyl (C=S) groups is 1. The number of hydrogen-bond donors (Lipinski definition) is 3. The predicted molar refractivity (Wildman–Crippen MR) is 139 cm³/mol. The van der Waals surface area contributed by atoms with Crippen LogP contribution in [0.3, 0.4) is 0 Å². The fourth-order valence-corrected chi connectivity index (χ4v) is 4.33. The molecule has 0 saturated heterocycles. The zero-order chi connectivity index (χ0) is 25.7. The Balaban J connectivity index is 1.44. The van der Waals surface area contributed by atoms with Crippen molar-refractivity contribution in [2.75, 3.05) is 20.0 Å². The van der Waals surface area contributed by atoms with E-state index >= 15 is 0 Å². The molecule has 0 radical (unpaired) electrons. The molecule has 4 rings (SSSR count). The number of hydrogen-bond acceptors (Lipinski definition) is 8. The highest BCUT2D eigenvalue weighted by Crippen LogP contribution is 2.36. The molecule has 2 aliphatic rings. The first-order valence-corrected chi connectivity index (χ1v) is 12.2. The minimum Gasteiger partial charge on any atom is -0.483 e. The van der Waals surface area contributed by atoms with Gasteiger partial charge in [0.1, 0.15) is 5.75 Å². The van der Waals surface area contributed by atoms with Crippen LogP contribution in [0.25, 0.3) is 0 Å². The number of carbonyl (C=O) groups is 2. The van der Waals surface area contributed by atoms with E-state index in [1.807, 2.05) is 0 Å². The minimum absolute atomic E-state index is 0.160. The first-order chi connectivity index (χ1) is 17.4. The second kappa shape index (κ2) is 11.4. The molecular weight excluding hydrogens is 552 g/mol. The smallest absolute Gasteiger partial charge is 0.338 e. The molecular formula is C24H23BrN4O6S. The first kappa shape index (κ1) is 25.5. The molecule has 188 valence electrons. The third-order valence-corrected chi connectivity index (χ3v) is 6.14. The third kappa shape index (κ3) is 5.77. The Morgan fingerprint density at radius 1 is 1.28 bits per heavy atom. The van der Waals surface area contributed by atoms with Crippen LogP contribution in [0.5, 0.6) is 17.2 Å². The highest BCUT2D eigenvalue weighted by Gasteiger charge is 2.32. The Morgan fingerprint density at radius 2 is 2.03 bits per heavy atom. The van der Waals surface area contributed by atoms with Crippen LogP contribution in [0.15, 0.2) is 57.2 Å². The second-order valence-electron chi connectivity index (χ2n) is 7.64. The maximum absolute atomic E-state index is 12.7. The van der Waals surface area contributed by atoms with E-state index in [-0.39, 0.29) is 20.0 Å². The number of esters is 1. The Morgan fingerprint density at radius 3 is 2.81 bits per heavy atom. The molecule has 2 aromatic carbocycles. The van der Waals surface area contributed by atoms with Crippen LogP contribution in [0, 0.1) is 0 Å². The largest absolute Gasteiger partial charge is 0.483 e. The van der Waals surface area contributed by atoms with Gasteiger partial charge in [-0.3, -0.25) is 4.79 Å². The summed E-state index contributed by atoms with van der Waals surface area (Å²) in [7, 11) is 0. The van der Waals surface area contributed by atoms with Crippen LogP contribution in [0.4, 0.5) is 0 Å². The zero-order valence-electron chi connectivity index (χ0n) is 19.4. The highest BCUT2D eigenvalue weighted by molar-refractivity contribution is 9.10. The number of carbonyl (C=O) groups excluding carboxylic acids is 2. The van der Waals surface area contributed by atoms with Gasteiger partial charge in [-0.2, -0.15) is 5.10 Å². The van der Waals surface area contributed by atoms with Gasteiger partial charge in [-0.1, -0.05) is 18.2 Å². The maximum atomic E-state index is 12.7. The lowest BCUT2D eigenvalue weighted by atomic mass is 9.95. The molecule has 10 nitrogen and oxygen atoms in total. The summed E-state index contributed by atoms with van der Waals surface area (Å²) in [5.41, 5.74) is 4.73. The molecule has 0 bridgehead atoms. The summed E-state index contributed by atoms with van der Waals surface area (Å²) in [6.07, 6.45) is 1.48. The fourth-order valence-electron chi connectivity index (χ4n) is 3.64. The number of hydrazone groups is 1. The van der Waals surface area contributed by atoms with Crippen LogP contribution < -0.4 is 30.3 Å². The lowest BCUT2D eigenvalue weighted by Gasteiger charge is -2.30. The Kier molecular flexibility index (Phi) is 8.06. The summed E-state index contributed by atoms with van der Waals surface area (Å²) in [6, 6.07) is 9.99. The van der Waals surface area contributed by atoms with Gasteiger partial charge in [-0.25, -0.2) is 10.2 Å². The van der Waals surface area contributed by atoms with Crippen molar-refractivity contribution in [2.24, 2.45) is 5.10 Å². The minimum atomic E-state index is -0.613. The monoisotopic (exact) mass is 574 g/mol. The zero-order valence-corrected chi connectivity index (χ0v) is 21.8. The SMILES string of the molecule is CCOC(=O)C1=C(C)NC(=S)N[C@H]1c1ccccc1OCC(=O)NN=Cc1cc2c(cc1Br)OCO2. The summed E-state index contributed by atoms with van der Waals surface area (Å²) < 4.78 is 22.4. The predicted octanol–water partition coefficient (Wildman–Crippen LogP) is 3.06. The van der Waals surface area contributed by atoms with Crippen molar-refractivity contribution in [1.82, 2.24) is 16.1 Å². The molecule has 12 heteroatoms. The number of amides is 1. The van der Waals surface area contributed by atoms with E-state index in [0.29, 0.717) is 44.8 Å². The molecule has 2 heterocycles. The Bertz CT molecular complexity index is 1270. The van der Waals surface area contributed by atoms with Gasteiger partial charge in [-0.05, 0) is 60.2 Å². The van der Waals surface area contributed by atoms with E-state index in [4.69, 9.17) is 31.2 Å². The van der Waals surface area contributed by atoms with E-state index in [1.54, 1.807) is 50.2 Å². The van der Waals surface area contributed by atoms with Crippen LogP contribution in [0.2, 0.25) is 0 Å². The quantitative estimate of drug-likeness (QED) is 0.189. The van der Waals surface area contributed by atoms with Gasteiger partial charge in [0, 0.05) is 21.3 Å². The van der Waals surface area contributed by atoms with E-state index in [0.717, 1.165) is 4.47 Å². The van der Waals surface area contributed by atoms with Gasteiger partial charge in [0.25, 0.3) is 5.91 Å². The summed E-state index contributed by atoms with van der Waals surface area (Å²) >= 11 is 8.73. The van der Waals surface area contributed by atoms with Gasteiger partial charge in [0.2, 0.25) is 6.79 Å². The van der Waals surface area contributed by atoms with Crippen molar-refractivity contribution < 1.29 is 28.5 Å². The molecule has 2 aromatic rings. The number of nitrogens with one attached hydrogen (secondary N) is 3. The summed E-state index contributed by atoms with van der Waals surface area (Å²) in [6.45, 7) is 3.57. The molecule has 0 saturated carbocycles. The number of nitrogens with zero attached hydrogens (tertiary/aromatic N) is 1. The van der Waals surface area contributed by atoms with Crippen molar-refractivity contribution in [3.8, 4) is 17.2 Å². The molecule has 0 spiro atoms. The van der Waals surface area contributed by atoms with Crippen molar-refractivity contribution in [2.45, 2.75) is 19.9 Å². The third-order valence-electron chi connectivity index (χ3n) is 5.24. The lowest BCUT2D eigenvalue weighted by Crippen LogP contribution is -2.45. The van der Waals surface area contributed by atoms with Crippen LogP contribution in [-0.2, 0) is 14.3 Å². The molecule has 1 amide bonds. The van der Waals surface area contributed by atoms with Crippen molar-refractivity contribution in [3.05, 3.63) is 63.3 Å². The molecule has 0 unspecified atom stereocenters. The van der Waals surface area contributed by atoms with Crippen molar-refractivity contribution in [1.29, 1.82) is 0 Å². The van der Waals surface area contributed by atoms with Crippen LogP contribution in [-0.4, -0.2) is 43.2 Å². The normalized spacial score (nSPS) is 16.4. The maximum Gasteiger partial charge on any atom is 0.338 e. The van der Waals surface area contributed by atoms with Crippen molar-refractivity contribution in [3.63, 3.8) is 0 Å². The number of benzene rings is 2. The Hall–Kier alpha value is -3.64. The number of fused-ring (bicyclic) bond motifs is 1. The van der Waals surface area contributed by atoms with E-state index in [1.165, 1.54) is 6.21 Å². The van der Waals surface area contributed by atoms with Crippen molar-refractivity contribution >= 4 is 51.4 Å². The highest BCUT2D eigenvalue weighted by atomic mass is 79.9. The number of para-hydroxylation sites is 1. The number of allylic oxidation sites excluding steroid dienone is 1. The number of rotatable bonds is 8. The van der Waals surface area contributed by atoms with E-state index in [9.17, 15) is 9.59 Å². The second-order valence-corrected chi connectivity index (χ2v) is 8.90. The van der Waals surface area contributed by atoms with Crippen LogP contribution in [0.1, 0.15) is 31.0 Å². The lowest BCUT2D eigenvalue weighted by molar-refractivity contribution is -0.139. The average Bonchev–Trinajstić information content (AvgIpc) is 3.29. The summed E-state index contributed by atoms with van der Waals surface area (Å²) in [5, 5.41) is 10.4. The molecule has 0 aliphatic carbocycles. The summed E-state index contributed by atoms with van der Waals surface area (Å²) in [5.74, 6) is 0.703. The molecule has 3 N–H and O–H groups in total. The van der Waals surface area contributed by atoms with E-state index < -0.39 is 17.9 Å². The first-order valence-electron chi connectivity index (χ1n) is 11.0. The average molecular weight is 575 g/mol.